The molecule has 0 aliphatic heterocycles. The lowest BCUT2D eigenvalue weighted by Crippen LogP contribution is -2.15. The third-order valence-electron chi connectivity index (χ3n) is 3.23. The first-order chi connectivity index (χ1) is 9.85. The van der Waals surface area contributed by atoms with Crippen LogP contribution in [0.5, 0.6) is 0 Å². The number of rotatable bonds is 3. The summed E-state index contributed by atoms with van der Waals surface area (Å²) in [5.74, 6) is 0. The van der Waals surface area contributed by atoms with Gasteiger partial charge in [0.2, 0.25) is 0 Å². The molecular weight excluding hydrogens is 286 g/mol. The average molecular weight is 301 g/mol. The zero-order valence-corrected chi connectivity index (χ0v) is 12.5. The molecule has 0 spiro atoms. The van der Waals surface area contributed by atoms with Gasteiger partial charge in [0.05, 0.1) is 22.2 Å². The van der Waals surface area contributed by atoms with E-state index in [1.54, 1.807) is 38.1 Å². The van der Waals surface area contributed by atoms with Gasteiger partial charge in [-0.15, -0.1) is 0 Å². The van der Waals surface area contributed by atoms with E-state index in [-0.39, 0.29) is 4.90 Å². The number of nitriles is 1. The van der Waals surface area contributed by atoms with Gasteiger partial charge >= 0.3 is 0 Å². The Hall–Kier alpha value is -2.52. The Morgan fingerprint density at radius 3 is 2.57 bits per heavy atom. The van der Waals surface area contributed by atoms with E-state index >= 15 is 0 Å². The van der Waals surface area contributed by atoms with Gasteiger partial charge in [0, 0.05) is 5.69 Å². The van der Waals surface area contributed by atoms with Gasteiger partial charge in [-0.2, -0.15) is 5.26 Å². The molecule has 0 atom stereocenters. The first-order valence-electron chi connectivity index (χ1n) is 6.24. The first-order valence-corrected chi connectivity index (χ1v) is 7.72. The summed E-state index contributed by atoms with van der Waals surface area (Å²) in [5.41, 5.74) is 8.18. The summed E-state index contributed by atoms with van der Waals surface area (Å²) < 4.78 is 27.5. The normalized spacial score (nSPS) is 10.9. The number of anilines is 2. The van der Waals surface area contributed by atoms with Crippen molar-refractivity contribution in [1.29, 1.82) is 5.26 Å². The number of aryl methyl sites for hydroxylation is 1. The van der Waals surface area contributed by atoms with E-state index in [4.69, 9.17) is 11.0 Å². The maximum absolute atomic E-state index is 12.5. The highest BCUT2D eigenvalue weighted by molar-refractivity contribution is 7.92. The molecule has 0 aromatic heterocycles. The van der Waals surface area contributed by atoms with Gasteiger partial charge in [-0.1, -0.05) is 12.1 Å². The number of benzene rings is 2. The SMILES string of the molecule is Cc1ccc(C#N)cc1NS(=O)(=O)c1cccc(N)c1C. The molecule has 0 aliphatic rings. The molecule has 0 aliphatic carbocycles. The summed E-state index contributed by atoms with van der Waals surface area (Å²) >= 11 is 0. The van der Waals surface area contributed by atoms with Gasteiger partial charge in [-0.3, -0.25) is 4.72 Å². The number of hydrogen-bond acceptors (Lipinski definition) is 4. The van der Waals surface area contributed by atoms with E-state index in [0.717, 1.165) is 5.56 Å². The highest BCUT2D eigenvalue weighted by Crippen LogP contribution is 2.25. The van der Waals surface area contributed by atoms with E-state index in [0.29, 0.717) is 22.5 Å². The third-order valence-corrected chi connectivity index (χ3v) is 4.74. The quantitative estimate of drug-likeness (QED) is 0.851. The fourth-order valence-corrected chi connectivity index (χ4v) is 3.32. The third kappa shape index (κ3) is 2.98. The van der Waals surface area contributed by atoms with Gasteiger partial charge in [0.1, 0.15) is 0 Å². The number of nitrogens with two attached hydrogens (primary N) is 1. The summed E-state index contributed by atoms with van der Waals surface area (Å²) in [6, 6.07) is 11.6. The fourth-order valence-electron chi connectivity index (χ4n) is 1.92. The lowest BCUT2D eigenvalue weighted by Gasteiger charge is -2.13. The van der Waals surface area contributed by atoms with Gasteiger partial charge in [0.15, 0.2) is 0 Å². The number of nitrogens with one attached hydrogen (secondary N) is 1. The highest BCUT2D eigenvalue weighted by Gasteiger charge is 2.19. The van der Waals surface area contributed by atoms with Crippen molar-refractivity contribution in [2.45, 2.75) is 18.7 Å². The monoisotopic (exact) mass is 301 g/mol. The second-order valence-corrected chi connectivity index (χ2v) is 6.37. The Bertz CT molecular complexity index is 836. The molecule has 0 bridgehead atoms. The molecule has 0 radical (unpaired) electrons. The van der Waals surface area contributed by atoms with Crippen LogP contribution < -0.4 is 10.5 Å². The van der Waals surface area contributed by atoms with Crippen molar-refractivity contribution in [2.75, 3.05) is 10.5 Å². The summed E-state index contributed by atoms with van der Waals surface area (Å²) in [4.78, 5) is 0.129. The van der Waals surface area contributed by atoms with Crippen LogP contribution >= 0.6 is 0 Å². The van der Waals surface area contributed by atoms with Gasteiger partial charge in [-0.05, 0) is 49.2 Å². The number of hydrogen-bond donors (Lipinski definition) is 2. The van der Waals surface area contributed by atoms with Crippen molar-refractivity contribution in [2.24, 2.45) is 0 Å². The van der Waals surface area contributed by atoms with E-state index in [9.17, 15) is 8.42 Å². The largest absolute Gasteiger partial charge is 0.398 e. The Labute approximate surface area is 124 Å². The van der Waals surface area contributed by atoms with Crippen molar-refractivity contribution < 1.29 is 8.42 Å². The maximum atomic E-state index is 12.5. The smallest absolute Gasteiger partial charge is 0.262 e. The molecule has 0 fully saturated rings. The lowest BCUT2D eigenvalue weighted by molar-refractivity contribution is 0.600. The molecule has 3 N–H and O–H groups in total. The van der Waals surface area contributed by atoms with Crippen LogP contribution in [0.3, 0.4) is 0 Å². The van der Waals surface area contributed by atoms with Crippen LogP contribution in [0.15, 0.2) is 41.3 Å². The molecule has 2 rings (SSSR count). The Balaban J connectivity index is 2.48. The van der Waals surface area contributed by atoms with Crippen molar-refractivity contribution in [3.8, 4) is 6.07 Å². The molecule has 0 unspecified atom stereocenters. The summed E-state index contributed by atoms with van der Waals surface area (Å²) in [6.45, 7) is 3.42. The summed E-state index contributed by atoms with van der Waals surface area (Å²) in [6.07, 6.45) is 0. The second-order valence-electron chi connectivity index (χ2n) is 4.72. The topological polar surface area (TPSA) is 96.0 Å². The minimum atomic E-state index is -3.75. The van der Waals surface area contributed by atoms with Crippen LogP contribution in [0, 0.1) is 25.2 Å². The van der Waals surface area contributed by atoms with Crippen LogP contribution in [-0.2, 0) is 10.0 Å². The summed E-state index contributed by atoms with van der Waals surface area (Å²) in [7, 11) is -3.75. The highest BCUT2D eigenvalue weighted by atomic mass is 32.2. The predicted octanol–water partition coefficient (Wildman–Crippen LogP) is 2.56. The molecule has 2 aromatic rings. The van der Waals surface area contributed by atoms with E-state index in [1.807, 2.05) is 6.07 Å². The van der Waals surface area contributed by atoms with Crippen molar-refractivity contribution in [3.05, 3.63) is 53.1 Å². The molecule has 0 saturated carbocycles. The zero-order chi connectivity index (χ0) is 15.6. The van der Waals surface area contributed by atoms with Crippen LogP contribution in [0.1, 0.15) is 16.7 Å². The lowest BCUT2D eigenvalue weighted by atomic mass is 10.1. The number of sulfonamides is 1. The number of nitrogens with zero attached hydrogens (tertiary/aromatic N) is 1. The standard InChI is InChI=1S/C15H15N3O2S/c1-10-6-7-12(9-16)8-14(10)18-21(19,20)15-5-3-4-13(17)11(15)2/h3-8,18H,17H2,1-2H3. The van der Waals surface area contributed by atoms with Crippen molar-refractivity contribution in [1.82, 2.24) is 0 Å². The Morgan fingerprint density at radius 1 is 1.19 bits per heavy atom. The van der Waals surface area contributed by atoms with E-state index in [2.05, 4.69) is 4.72 Å². The van der Waals surface area contributed by atoms with E-state index < -0.39 is 10.0 Å². The maximum Gasteiger partial charge on any atom is 0.262 e. The molecular formula is C15H15N3O2S. The minimum absolute atomic E-state index is 0.129. The molecule has 0 heterocycles. The first kappa shape index (κ1) is 14.9. The Kier molecular flexibility index (Phi) is 3.87. The van der Waals surface area contributed by atoms with E-state index in [1.165, 1.54) is 12.1 Å². The summed E-state index contributed by atoms with van der Waals surface area (Å²) in [5, 5.41) is 8.91. The molecule has 21 heavy (non-hydrogen) atoms. The molecule has 0 saturated heterocycles. The fraction of sp³-hybridized carbons (Fsp3) is 0.133. The average Bonchev–Trinajstić information content (AvgIpc) is 2.44. The van der Waals surface area contributed by atoms with Crippen molar-refractivity contribution >= 4 is 21.4 Å². The minimum Gasteiger partial charge on any atom is -0.398 e. The van der Waals surface area contributed by atoms with Crippen LogP contribution in [0.4, 0.5) is 11.4 Å². The van der Waals surface area contributed by atoms with Crippen LogP contribution in [0.2, 0.25) is 0 Å². The van der Waals surface area contributed by atoms with Crippen LogP contribution in [0.25, 0.3) is 0 Å². The van der Waals surface area contributed by atoms with Gasteiger partial charge in [-0.25, -0.2) is 8.42 Å². The molecule has 2 aromatic carbocycles. The molecule has 5 nitrogen and oxygen atoms in total. The van der Waals surface area contributed by atoms with Crippen LogP contribution in [-0.4, -0.2) is 8.42 Å². The number of nitrogen functional groups attached to an aromatic ring is 1. The molecule has 108 valence electrons. The zero-order valence-electron chi connectivity index (χ0n) is 11.7. The molecule has 0 amide bonds. The predicted molar refractivity (Wildman–Crippen MR) is 82.3 cm³/mol. The van der Waals surface area contributed by atoms with Gasteiger partial charge in [0.25, 0.3) is 10.0 Å². The Morgan fingerprint density at radius 2 is 1.90 bits per heavy atom. The molecule has 6 heteroatoms. The van der Waals surface area contributed by atoms with Crippen molar-refractivity contribution in [3.63, 3.8) is 0 Å². The van der Waals surface area contributed by atoms with Gasteiger partial charge < -0.3 is 5.73 Å². The second kappa shape index (κ2) is 5.46.